The van der Waals surface area contributed by atoms with Crippen LogP contribution in [0.5, 0.6) is 5.75 Å². The van der Waals surface area contributed by atoms with Gasteiger partial charge in [-0.15, -0.1) is 0 Å². The predicted octanol–water partition coefficient (Wildman–Crippen LogP) is 1.80. The van der Waals surface area contributed by atoms with E-state index >= 15 is 0 Å². The molecule has 1 aliphatic rings. The fourth-order valence-corrected chi connectivity index (χ4v) is 2.46. The summed E-state index contributed by atoms with van der Waals surface area (Å²) in [5.74, 6) is 0.874. The molecule has 3 atom stereocenters. The zero-order valence-electron chi connectivity index (χ0n) is 10.3. The van der Waals surface area contributed by atoms with Gasteiger partial charge < -0.3 is 19.9 Å². The van der Waals surface area contributed by atoms with E-state index in [0.717, 1.165) is 15.7 Å². The van der Waals surface area contributed by atoms with E-state index in [1.807, 2.05) is 24.3 Å². The number of methoxy groups -OCH3 is 1. The maximum Gasteiger partial charge on any atom is 0.128 e. The first-order valence-electron chi connectivity index (χ1n) is 5.99. The molecule has 3 unspecified atom stereocenters. The maximum atomic E-state index is 5.93. The number of benzene rings is 1. The van der Waals surface area contributed by atoms with Gasteiger partial charge in [-0.25, -0.2) is 0 Å². The molecule has 0 saturated heterocycles. The van der Waals surface area contributed by atoms with E-state index in [4.69, 9.17) is 19.9 Å². The first-order valence-corrected chi connectivity index (χ1v) is 7.07. The second-order valence-corrected chi connectivity index (χ2v) is 5.59. The van der Waals surface area contributed by atoms with Crippen LogP contribution in [0, 0.1) is 3.57 Å². The van der Waals surface area contributed by atoms with Crippen LogP contribution in [0.25, 0.3) is 0 Å². The van der Waals surface area contributed by atoms with Crippen LogP contribution >= 0.6 is 22.6 Å². The average Bonchev–Trinajstić information content (AvgIpc) is 2.34. The van der Waals surface area contributed by atoms with E-state index in [0.29, 0.717) is 13.2 Å². The molecule has 0 aliphatic heterocycles. The van der Waals surface area contributed by atoms with Crippen LogP contribution in [-0.2, 0) is 9.47 Å². The molecule has 18 heavy (non-hydrogen) atoms. The first-order chi connectivity index (χ1) is 8.70. The summed E-state index contributed by atoms with van der Waals surface area (Å²) in [5.41, 5.74) is 5.93. The minimum absolute atomic E-state index is 0.0296. The summed E-state index contributed by atoms with van der Waals surface area (Å²) in [5, 5.41) is 0. The zero-order chi connectivity index (χ0) is 13.0. The molecule has 0 aromatic heterocycles. The molecule has 0 amide bonds. The Balaban J connectivity index is 1.85. The topological polar surface area (TPSA) is 53.7 Å². The molecule has 2 N–H and O–H groups in total. The van der Waals surface area contributed by atoms with Crippen molar-refractivity contribution in [2.45, 2.75) is 24.7 Å². The van der Waals surface area contributed by atoms with Crippen molar-refractivity contribution in [3.8, 4) is 5.75 Å². The van der Waals surface area contributed by atoms with E-state index in [2.05, 4.69) is 22.6 Å². The van der Waals surface area contributed by atoms with Crippen LogP contribution in [0.3, 0.4) is 0 Å². The summed E-state index contributed by atoms with van der Waals surface area (Å²) in [6, 6.07) is 8.05. The van der Waals surface area contributed by atoms with Crippen LogP contribution in [0.2, 0.25) is 0 Å². The zero-order valence-corrected chi connectivity index (χ0v) is 12.5. The standard InChI is InChI=1S/C13H18INO3/c1-16-5-6-17-13-11(15)8-12(13)18-10-4-2-3-9(14)7-10/h2-4,7,11-13H,5-6,8,15H2,1H3. The van der Waals surface area contributed by atoms with Crippen molar-refractivity contribution >= 4 is 22.6 Å². The Hall–Kier alpha value is -0.370. The third-order valence-electron chi connectivity index (χ3n) is 2.97. The van der Waals surface area contributed by atoms with Gasteiger partial charge in [-0.05, 0) is 40.8 Å². The van der Waals surface area contributed by atoms with E-state index in [1.54, 1.807) is 7.11 Å². The molecular weight excluding hydrogens is 345 g/mol. The van der Waals surface area contributed by atoms with E-state index in [-0.39, 0.29) is 18.2 Å². The molecule has 1 aliphatic carbocycles. The maximum absolute atomic E-state index is 5.93. The number of nitrogens with two attached hydrogens (primary N) is 1. The summed E-state index contributed by atoms with van der Waals surface area (Å²) in [6.45, 7) is 1.14. The SMILES string of the molecule is COCCOC1C(N)CC1Oc1cccc(I)c1. The molecule has 0 radical (unpaired) electrons. The van der Waals surface area contributed by atoms with Crippen molar-refractivity contribution in [1.82, 2.24) is 0 Å². The summed E-state index contributed by atoms with van der Waals surface area (Å²) >= 11 is 2.27. The molecule has 1 fully saturated rings. The Bertz CT molecular complexity index is 388. The lowest BCUT2D eigenvalue weighted by atomic mass is 9.86. The van der Waals surface area contributed by atoms with Crippen molar-refractivity contribution in [3.05, 3.63) is 27.8 Å². The highest BCUT2D eigenvalue weighted by molar-refractivity contribution is 14.1. The molecule has 1 saturated carbocycles. The first kappa shape index (κ1) is 14.0. The Morgan fingerprint density at radius 3 is 2.89 bits per heavy atom. The Kier molecular flexibility index (Phi) is 5.23. The minimum atomic E-state index is -0.0296. The van der Waals surface area contributed by atoms with Gasteiger partial charge in [-0.3, -0.25) is 0 Å². The molecule has 2 rings (SSSR count). The monoisotopic (exact) mass is 363 g/mol. The lowest BCUT2D eigenvalue weighted by molar-refractivity contribution is -0.107. The minimum Gasteiger partial charge on any atom is -0.488 e. The molecule has 1 aromatic carbocycles. The van der Waals surface area contributed by atoms with Gasteiger partial charge in [-0.2, -0.15) is 0 Å². The molecule has 1 aromatic rings. The van der Waals surface area contributed by atoms with E-state index < -0.39 is 0 Å². The third-order valence-corrected chi connectivity index (χ3v) is 3.65. The smallest absolute Gasteiger partial charge is 0.128 e. The predicted molar refractivity (Wildman–Crippen MR) is 77.8 cm³/mol. The Labute approximate surface area is 121 Å². The van der Waals surface area contributed by atoms with Crippen LogP contribution in [-0.4, -0.2) is 38.6 Å². The summed E-state index contributed by atoms with van der Waals surface area (Å²) in [4.78, 5) is 0. The number of hydrogen-bond donors (Lipinski definition) is 1. The number of ether oxygens (including phenoxy) is 3. The number of rotatable bonds is 6. The third kappa shape index (κ3) is 3.57. The largest absolute Gasteiger partial charge is 0.488 e. The van der Waals surface area contributed by atoms with Gasteiger partial charge in [0.1, 0.15) is 18.0 Å². The van der Waals surface area contributed by atoms with Gasteiger partial charge in [0.05, 0.1) is 13.2 Å². The molecule has 5 heteroatoms. The molecule has 0 heterocycles. The van der Waals surface area contributed by atoms with Gasteiger partial charge in [-0.1, -0.05) is 6.07 Å². The molecule has 0 spiro atoms. The summed E-state index contributed by atoms with van der Waals surface area (Å²) in [7, 11) is 1.66. The normalized spacial score (nSPS) is 26.7. The van der Waals surface area contributed by atoms with Gasteiger partial charge in [0.15, 0.2) is 0 Å². The van der Waals surface area contributed by atoms with Crippen LogP contribution in [0.1, 0.15) is 6.42 Å². The second-order valence-electron chi connectivity index (χ2n) is 4.34. The number of hydrogen-bond acceptors (Lipinski definition) is 4. The van der Waals surface area contributed by atoms with Crippen LogP contribution < -0.4 is 10.5 Å². The molecule has 100 valence electrons. The highest BCUT2D eigenvalue weighted by atomic mass is 127. The number of halogens is 1. The van der Waals surface area contributed by atoms with Gasteiger partial charge in [0, 0.05) is 23.1 Å². The lowest BCUT2D eigenvalue weighted by Gasteiger charge is -2.41. The fraction of sp³-hybridized carbons (Fsp3) is 0.538. The Morgan fingerprint density at radius 2 is 2.22 bits per heavy atom. The molecule has 4 nitrogen and oxygen atoms in total. The lowest BCUT2D eigenvalue weighted by Crippen LogP contribution is -2.59. The van der Waals surface area contributed by atoms with Crippen molar-refractivity contribution in [1.29, 1.82) is 0 Å². The van der Waals surface area contributed by atoms with E-state index in [1.165, 1.54) is 0 Å². The average molecular weight is 363 g/mol. The second kappa shape index (κ2) is 6.70. The van der Waals surface area contributed by atoms with Crippen LogP contribution in [0.15, 0.2) is 24.3 Å². The van der Waals surface area contributed by atoms with Crippen molar-refractivity contribution in [2.75, 3.05) is 20.3 Å². The van der Waals surface area contributed by atoms with Gasteiger partial charge in [0.2, 0.25) is 0 Å². The quantitative estimate of drug-likeness (QED) is 0.619. The summed E-state index contributed by atoms with van der Waals surface area (Å²) < 4.78 is 17.7. The van der Waals surface area contributed by atoms with Gasteiger partial charge >= 0.3 is 0 Å². The highest BCUT2D eigenvalue weighted by Gasteiger charge is 2.41. The molecule has 0 bridgehead atoms. The molecular formula is C13H18INO3. The van der Waals surface area contributed by atoms with Crippen molar-refractivity contribution in [3.63, 3.8) is 0 Å². The van der Waals surface area contributed by atoms with Crippen molar-refractivity contribution in [2.24, 2.45) is 5.73 Å². The van der Waals surface area contributed by atoms with E-state index in [9.17, 15) is 0 Å². The van der Waals surface area contributed by atoms with Crippen molar-refractivity contribution < 1.29 is 14.2 Å². The Morgan fingerprint density at radius 1 is 1.39 bits per heavy atom. The highest BCUT2D eigenvalue weighted by Crippen LogP contribution is 2.28. The van der Waals surface area contributed by atoms with Gasteiger partial charge in [0.25, 0.3) is 0 Å². The fourth-order valence-electron chi connectivity index (χ4n) is 1.95. The summed E-state index contributed by atoms with van der Waals surface area (Å²) in [6.07, 6.45) is 0.858. The van der Waals surface area contributed by atoms with Crippen LogP contribution in [0.4, 0.5) is 0 Å².